The fourth-order valence-electron chi connectivity index (χ4n) is 1.99. The third kappa shape index (κ3) is 3.52. The average Bonchev–Trinajstić information content (AvgIpc) is 2.87. The molecule has 0 bridgehead atoms. The number of hydrogen-bond acceptors (Lipinski definition) is 5. The van der Waals surface area contributed by atoms with Crippen LogP contribution in [0.1, 0.15) is 10.4 Å². The number of anilines is 1. The van der Waals surface area contributed by atoms with Gasteiger partial charge in [0.25, 0.3) is 5.91 Å². The molecule has 0 aliphatic rings. The van der Waals surface area contributed by atoms with E-state index in [9.17, 15) is 13.2 Å². The molecule has 3 aromatic rings. The predicted molar refractivity (Wildman–Crippen MR) is 92.1 cm³/mol. The molecule has 118 valence electrons. The van der Waals surface area contributed by atoms with E-state index in [2.05, 4.69) is 10.3 Å². The summed E-state index contributed by atoms with van der Waals surface area (Å²) in [6, 6.07) is 11.1. The Labute approximate surface area is 141 Å². The number of amides is 1. The molecule has 23 heavy (non-hydrogen) atoms. The lowest BCUT2D eigenvalue weighted by Gasteiger charge is -2.03. The molecule has 1 amide bonds. The maximum Gasteiger partial charge on any atom is 0.257 e. The monoisotopic (exact) mass is 366 g/mol. The van der Waals surface area contributed by atoms with Crippen LogP contribution in [0.4, 0.5) is 5.13 Å². The molecule has 1 N–H and O–H groups in total. The van der Waals surface area contributed by atoms with Gasteiger partial charge in [-0.15, -0.1) is 0 Å². The molecule has 0 saturated heterocycles. The van der Waals surface area contributed by atoms with Crippen molar-refractivity contribution in [3.05, 3.63) is 53.1 Å². The Morgan fingerprint density at radius 3 is 2.74 bits per heavy atom. The number of benzene rings is 2. The van der Waals surface area contributed by atoms with Gasteiger partial charge in [-0.3, -0.25) is 10.1 Å². The van der Waals surface area contributed by atoms with Crippen molar-refractivity contribution in [2.75, 3.05) is 11.6 Å². The van der Waals surface area contributed by atoms with Crippen LogP contribution in [0.15, 0.2) is 47.4 Å². The van der Waals surface area contributed by atoms with Gasteiger partial charge in [0, 0.05) is 16.8 Å². The van der Waals surface area contributed by atoms with Gasteiger partial charge in [-0.25, -0.2) is 13.4 Å². The number of carbonyl (C=O) groups is 1. The molecule has 0 atom stereocenters. The van der Waals surface area contributed by atoms with Gasteiger partial charge in [0.2, 0.25) is 0 Å². The second kappa shape index (κ2) is 5.92. The maximum absolute atomic E-state index is 12.3. The molecule has 0 saturated carbocycles. The third-order valence-corrected chi connectivity index (χ3v) is 5.37. The minimum Gasteiger partial charge on any atom is -0.298 e. The average molecular weight is 367 g/mol. The van der Waals surface area contributed by atoms with E-state index in [1.54, 1.807) is 24.3 Å². The van der Waals surface area contributed by atoms with Crippen molar-refractivity contribution >= 4 is 54.0 Å². The topological polar surface area (TPSA) is 76.1 Å². The van der Waals surface area contributed by atoms with Gasteiger partial charge in [0.05, 0.1) is 15.1 Å². The SMILES string of the molecule is CS(=O)(=O)c1cccc(C(=O)Nc2nc3ccc(Cl)cc3s2)c1. The smallest absolute Gasteiger partial charge is 0.257 e. The second-order valence-corrected chi connectivity index (χ2v) is 8.37. The van der Waals surface area contributed by atoms with Gasteiger partial charge in [-0.2, -0.15) is 0 Å². The predicted octanol–water partition coefficient (Wildman–Crippen LogP) is 3.61. The first-order valence-corrected chi connectivity index (χ1v) is 9.59. The summed E-state index contributed by atoms with van der Waals surface area (Å²) in [7, 11) is -3.36. The van der Waals surface area contributed by atoms with Crippen LogP contribution in [-0.2, 0) is 9.84 Å². The molecule has 0 spiro atoms. The van der Waals surface area contributed by atoms with Crippen LogP contribution in [-0.4, -0.2) is 25.6 Å². The number of carbonyl (C=O) groups excluding carboxylic acids is 1. The molecule has 1 aromatic heterocycles. The van der Waals surface area contributed by atoms with Crippen molar-refractivity contribution in [2.24, 2.45) is 0 Å². The van der Waals surface area contributed by atoms with Crippen LogP contribution >= 0.6 is 22.9 Å². The Hall–Kier alpha value is -1.96. The Bertz CT molecular complexity index is 1010. The van der Waals surface area contributed by atoms with Crippen molar-refractivity contribution in [2.45, 2.75) is 4.90 Å². The zero-order chi connectivity index (χ0) is 16.6. The number of hydrogen-bond donors (Lipinski definition) is 1. The number of rotatable bonds is 3. The lowest BCUT2D eigenvalue weighted by Crippen LogP contribution is -2.12. The van der Waals surface area contributed by atoms with Gasteiger partial charge in [-0.1, -0.05) is 29.0 Å². The molecule has 0 aliphatic heterocycles. The van der Waals surface area contributed by atoms with Gasteiger partial charge in [0.1, 0.15) is 0 Å². The summed E-state index contributed by atoms with van der Waals surface area (Å²) in [6.45, 7) is 0. The summed E-state index contributed by atoms with van der Waals surface area (Å²) in [6.07, 6.45) is 1.10. The number of fused-ring (bicyclic) bond motifs is 1. The molecule has 2 aromatic carbocycles. The van der Waals surface area contributed by atoms with Gasteiger partial charge >= 0.3 is 0 Å². The highest BCUT2D eigenvalue weighted by Gasteiger charge is 2.13. The first-order valence-electron chi connectivity index (χ1n) is 6.50. The fourth-order valence-corrected chi connectivity index (χ4v) is 3.79. The summed E-state index contributed by atoms with van der Waals surface area (Å²) in [4.78, 5) is 16.7. The lowest BCUT2D eigenvalue weighted by molar-refractivity contribution is 0.102. The largest absolute Gasteiger partial charge is 0.298 e. The van der Waals surface area contributed by atoms with E-state index in [0.717, 1.165) is 16.5 Å². The lowest BCUT2D eigenvalue weighted by atomic mass is 10.2. The highest BCUT2D eigenvalue weighted by atomic mass is 35.5. The normalized spacial score (nSPS) is 11.6. The highest BCUT2D eigenvalue weighted by molar-refractivity contribution is 7.90. The van der Waals surface area contributed by atoms with E-state index < -0.39 is 15.7 Å². The van der Waals surface area contributed by atoms with E-state index in [0.29, 0.717) is 10.2 Å². The van der Waals surface area contributed by atoms with Gasteiger partial charge < -0.3 is 0 Å². The van der Waals surface area contributed by atoms with E-state index >= 15 is 0 Å². The summed E-state index contributed by atoms with van der Waals surface area (Å²) >= 11 is 7.22. The van der Waals surface area contributed by atoms with Gasteiger partial charge in [-0.05, 0) is 36.4 Å². The molecule has 5 nitrogen and oxygen atoms in total. The second-order valence-electron chi connectivity index (χ2n) is 4.89. The van der Waals surface area contributed by atoms with Crippen LogP contribution in [0.25, 0.3) is 10.2 Å². The molecule has 3 rings (SSSR count). The summed E-state index contributed by atoms with van der Waals surface area (Å²) in [5, 5.41) is 3.70. The number of thiazole rings is 1. The van der Waals surface area contributed by atoms with Crippen LogP contribution in [0.3, 0.4) is 0 Å². The number of nitrogens with one attached hydrogen (secondary N) is 1. The summed E-state index contributed by atoms with van der Waals surface area (Å²) < 4.78 is 24.0. The summed E-state index contributed by atoms with van der Waals surface area (Å²) in [5.41, 5.74) is 0.991. The van der Waals surface area contributed by atoms with Crippen LogP contribution in [0.2, 0.25) is 5.02 Å². The number of halogens is 1. The first-order chi connectivity index (χ1) is 10.8. The Kier molecular flexibility index (Phi) is 4.09. The molecular formula is C15H11ClN2O3S2. The standard InChI is InChI=1S/C15H11ClN2O3S2/c1-23(20,21)11-4-2-3-9(7-11)14(19)18-15-17-12-6-5-10(16)8-13(12)22-15/h2-8H,1H3,(H,17,18,19). The summed E-state index contributed by atoms with van der Waals surface area (Å²) in [5.74, 6) is -0.416. The third-order valence-electron chi connectivity index (χ3n) is 3.10. The molecule has 0 radical (unpaired) electrons. The van der Waals surface area contributed by atoms with E-state index in [1.165, 1.54) is 29.5 Å². The minimum atomic E-state index is -3.36. The zero-order valence-corrected chi connectivity index (χ0v) is 14.3. The Morgan fingerprint density at radius 2 is 2.00 bits per heavy atom. The quantitative estimate of drug-likeness (QED) is 0.768. The number of nitrogens with zero attached hydrogens (tertiary/aromatic N) is 1. The van der Waals surface area contributed by atoms with Crippen molar-refractivity contribution in [3.8, 4) is 0 Å². The molecule has 1 heterocycles. The molecule has 8 heteroatoms. The number of aromatic nitrogens is 1. The molecule has 0 aliphatic carbocycles. The van der Waals surface area contributed by atoms with Gasteiger partial charge in [0.15, 0.2) is 15.0 Å². The maximum atomic E-state index is 12.3. The minimum absolute atomic E-state index is 0.0984. The van der Waals surface area contributed by atoms with E-state index in [1.807, 2.05) is 0 Å². The Morgan fingerprint density at radius 1 is 1.22 bits per heavy atom. The van der Waals surface area contributed by atoms with Crippen LogP contribution in [0, 0.1) is 0 Å². The van der Waals surface area contributed by atoms with Crippen molar-refractivity contribution in [3.63, 3.8) is 0 Å². The fraction of sp³-hybridized carbons (Fsp3) is 0.0667. The van der Waals surface area contributed by atoms with Crippen molar-refractivity contribution < 1.29 is 13.2 Å². The van der Waals surface area contributed by atoms with Crippen LogP contribution in [0.5, 0.6) is 0 Å². The molecule has 0 fully saturated rings. The van der Waals surface area contributed by atoms with Crippen molar-refractivity contribution in [1.29, 1.82) is 0 Å². The van der Waals surface area contributed by atoms with Crippen molar-refractivity contribution in [1.82, 2.24) is 4.98 Å². The van der Waals surface area contributed by atoms with E-state index in [4.69, 9.17) is 11.6 Å². The first kappa shape index (κ1) is 15.9. The zero-order valence-electron chi connectivity index (χ0n) is 11.9. The Balaban J connectivity index is 1.88. The number of sulfone groups is 1. The molecular weight excluding hydrogens is 356 g/mol. The van der Waals surface area contributed by atoms with Crippen LogP contribution < -0.4 is 5.32 Å². The van der Waals surface area contributed by atoms with E-state index in [-0.39, 0.29) is 10.5 Å². The highest BCUT2D eigenvalue weighted by Crippen LogP contribution is 2.28. The molecule has 0 unspecified atom stereocenters.